The van der Waals surface area contributed by atoms with Gasteiger partial charge in [0.2, 0.25) is 0 Å². The van der Waals surface area contributed by atoms with E-state index in [0.717, 1.165) is 14.7 Å². The summed E-state index contributed by atoms with van der Waals surface area (Å²) in [5.74, 6) is 1.25. The maximum absolute atomic E-state index is 8.97. The zero-order valence-electron chi connectivity index (χ0n) is 15.3. The zero-order valence-corrected chi connectivity index (χ0v) is 17.4. The first-order chi connectivity index (χ1) is 13.6. The molecule has 0 bridgehead atoms. The molecule has 138 valence electrons. The highest BCUT2D eigenvalue weighted by Crippen LogP contribution is 2.35. The number of ether oxygens (including phenoxy) is 2. The molecule has 0 aliphatic carbocycles. The van der Waals surface area contributed by atoms with Crippen LogP contribution < -0.4 is 9.47 Å². The Morgan fingerprint density at radius 1 is 1.00 bits per heavy atom. The molecule has 0 amide bonds. The Bertz CT molecular complexity index is 1110. The van der Waals surface area contributed by atoms with Gasteiger partial charge in [0.05, 0.1) is 10.2 Å². The SMILES string of the molecule is CCOc1cc(C=C(C#N)C#N)cc(I)c1OCc1ccc2ccccc2c1. The van der Waals surface area contributed by atoms with Gasteiger partial charge in [-0.3, -0.25) is 0 Å². The maximum Gasteiger partial charge on any atom is 0.175 e. The molecule has 5 heteroatoms. The number of halogens is 1. The van der Waals surface area contributed by atoms with Crippen LogP contribution in [0, 0.1) is 26.2 Å². The van der Waals surface area contributed by atoms with E-state index in [0.29, 0.717) is 24.7 Å². The molecule has 0 aliphatic heterocycles. The summed E-state index contributed by atoms with van der Waals surface area (Å²) in [6, 6.07) is 21.9. The molecule has 4 nitrogen and oxygen atoms in total. The molecular weight excluding hydrogens is 463 g/mol. The van der Waals surface area contributed by atoms with E-state index in [1.54, 1.807) is 6.07 Å². The van der Waals surface area contributed by atoms with E-state index in [-0.39, 0.29) is 5.57 Å². The van der Waals surface area contributed by atoms with E-state index in [1.807, 2.05) is 37.3 Å². The number of fused-ring (bicyclic) bond motifs is 1. The number of nitrogens with zero attached hydrogens (tertiary/aromatic N) is 2. The lowest BCUT2D eigenvalue weighted by atomic mass is 10.1. The van der Waals surface area contributed by atoms with Crippen LogP contribution in [-0.4, -0.2) is 6.61 Å². The molecule has 0 heterocycles. The van der Waals surface area contributed by atoms with E-state index >= 15 is 0 Å². The van der Waals surface area contributed by atoms with Crippen LogP contribution in [0.4, 0.5) is 0 Å². The molecule has 0 spiro atoms. The molecular formula is C23H17IN2O2. The van der Waals surface area contributed by atoms with Gasteiger partial charge in [-0.05, 0) is 75.7 Å². The summed E-state index contributed by atoms with van der Waals surface area (Å²) >= 11 is 2.18. The van der Waals surface area contributed by atoms with Crippen LogP contribution in [0.5, 0.6) is 11.5 Å². The molecule has 0 saturated heterocycles. The van der Waals surface area contributed by atoms with Crippen molar-refractivity contribution in [3.05, 3.63) is 74.9 Å². The number of rotatable bonds is 6. The number of hydrogen-bond acceptors (Lipinski definition) is 4. The van der Waals surface area contributed by atoms with Gasteiger partial charge in [-0.1, -0.05) is 36.4 Å². The van der Waals surface area contributed by atoms with Crippen molar-refractivity contribution in [1.29, 1.82) is 10.5 Å². The van der Waals surface area contributed by atoms with Gasteiger partial charge in [-0.15, -0.1) is 0 Å². The van der Waals surface area contributed by atoms with E-state index in [1.165, 1.54) is 16.8 Å². The molecule has 0 saturated carbocycles. The fourth-order valence-electron chi connectivity index (χ4n) is 2.81. The van der Waals surface area contributed by atoms with Crippen molar-refractivity contribution in [3.63, 3.8) is 0 Å². The fourth-order valence-corrected chi connectivity index (χ4v) is 3.60. The molecule has 28 heavy (non-hydrogen) atoms. The summed E-state index contributed by atoms with van der Waals surface area (Å²) in [5.41, 5.74) is 1.84. The summed E-state index contributed by atoms with van der Waals surface area (Å²) in [5, 5.41) is 20.3. The Kier molecular flexibility index (Phi) is 6.52. The lowest BCUT2D eigenvalue weighted by Crippen LogP contribution is -2.02. The van der Waals surface area contributed by atoms with Crippen molar-refractivity contribution < 1.29 is 9.47 Å². The highest BCUT2D eigenvalue weighted by atomic mass is 127. The van der Waals surface area contributed by atoms with Gasteiger partial charge < -0.3 is 9.47 Å². The summed E-state index contributed by atoms with van der Waals surface area (Å²) in [6.45, 7) is 2.80. The van der Waals surface area contributed by atoms with Crippen LogP contribution in [0.3, 0.4) is 0 Å². The standard InChI is InChI=1S/C23H17IN2O2/c1-2-27-22-12-17(9-18(13-25)14-26)11-21(24)23(22)28-15-16-7-8-19-5-3-4-6-20(19)10-16/h3-12H,2,15H2,1H3. The Morgan fingerprint density at radius 3 is 2.46 bits per heavy atom. The van der Waals surface area contributed by atoms with E-state index in [2.05, 4.69) is 52.9 Å². The van der Waals surface area contributed by atoms with Crippen LogP contribution in [0.25, 0.3) is 16.8 Å². The predicted molar refractivity (Wildman–Crippen MR) is 118 cm³/mol. The normalized spacial score (nSPS) is 10.0. The monoisotopic (exact) mass is 480 g/mol. The van der Waals surface area contributed by atoms with Gasteiger partial charge >= 0.3 is 0 Å². The lowest BCUT2D eigenvalue weighted by Gasteiger charge is -2.15. The van der Waals surface area contributed by atoms with E-state index in [9.17, 15) is 0 Å². The average Bonchev–Trinajstić information content (AvgIpc) is 2.71. The van der Waals surface area contributed by atoms with Crippen LogP contribution in [0.15, 0.2) is 60.2 Å². The summed E-state index contributed by atoms with van der Waals surface area (Å²) < 4.78 is 12.7. The first-order valence-electron chi connectivity index (χ1n) is 8.73. The first kappa shape index (κ1) is 19.7. The Labute approximate surface area is 177 Å². The summed E-state index contributed by atoms with van der Waals surface area (Å²) in [7, 11) is 0. The molecule has 0 unspecified atom stereocenters. The third-order valence-electron chi connectivity index (χ3n) is 4.08. The summed E-state index contributed by atoms with van der Waals surface area (Å²) in [6.07, 6.45) is 1.54. The minimum Gasteiger partial charge on any atom is -0.490 e. The van der Waals surface area contributed by atoms with Crippen molar-refractivity contribution in [2.75, 3.05) is 6.61 Å². The van der Waals surface area contributed by atoms with Gasteiger partial charge in [0.25, 0.3) is 0 Å². The molecule has 0 aliphatic rings. The average molecular weight is 480 g/mol. The minimum absolute atomic E-state index is 0.0445. The topological polar surface area (TPSA) is 66.0 Å². The van der Waals surface area contributed by atoms with Gasteiger partial charge in [0.15, 0.2) is 11.5 Å². The third kappa shape index (κ3) is 4.62. The second-order valence-corrected chi connectivity index (χ2v) is 7.18. The minimum atomic E-state index is 0.0445. The van der Waals surface area contributed by atoms with Crippen LogP contribution in [0.2, 0.25) is 0 Å². The number of benzene rings is 3. The van der Waals surface area contributed by atoms with Gasteiger partial charge in [-0.2, -0.15) is 10.5 Å². The van der Waals surface area contributed by atoms with Crippen molar-refractivity contribution in [1.82, 2.24) is 0 Å². The molecule has 3 rings (SSSR count). The molecule has 0 atom stereocenters. The van der Waals surface area contributed by atoms with Crippen molar-refractivity contribution >= 4 is 39.4 Å². The lowest BCUT2D eigenvalue weighted by molar-refractivity contribution is 0.267. The van der Waals surface area contributed by atoms with E-state index < -0.39 is 0 Å². The van der Waals surface area contributed by atoms with E-state index in [4.69, 9.17) is 20.0 Å². The highest BCUT2D eigenvalue weighted by molar-refractivity contribution is 14.1. The first-order valence-corrected chi connectivity index (χ1v) is 9.81. The van der Waals surface area contributed by atoms with Crippen LogP contribution >= 0.6 is 22.6 Å². The fraction of sp³-hybridized carbons (Fsp3) is 0.130. The zero-order chi connectivity index (χ0) is 19.9. The molecule has 0 N–H and O–H groups in total. The Balaban J connectivity index is 1.88. The molecule has 0 radical (unpaired) electrons. The summed E-state index contributed by atoms with van der Waals surface area (Å²) in [4.78, 5) is 0. The largest absolute Gasteiger partial charge is 0.490 e. The van der Waals surface area contributed by atoms with Gasteiger partial charge in [0, 0.05) is 0 Å². The van der Waals surface area contributed by atoms with Crippen molar-refractivity contribution in [2.24, 2.45) is 0 Å². The van der Waals surface area contributed by atoms with Crippen LogP contribution in [-0.2, 0) is 6.61 Å². The quantitative estimate of drug-likeness (QED) is 0.328. The predicted octanol–water partition coefficient (Wildman–Crippen LogP) is 5.85. The Hall–Kier alpha value is -3.03. The third-order valence-corrected chi connectivity index (χ3v) is 4.88. The van der Waals surface area contributed by atoms with Gasteiger partial charge in [-0.25, -0.2) is 0 Å². The maximum atomic E-state index is 8.97. The number of allylic oxidation sites excluding steroid dienone is 1. The molecule has 0 fully saturated rings. The highest BCUT2D eigenvalue weighted by Gasteiger charge is 2.13. The number of nitriles is 2. The van der Waals surface area contributed by atoms with Crippen molar-refractivity contribution in [3.8, 4) is 23.6 Å². The smallest absolute Gasteiger partial charge is 0.175 e. The molecule has 0 aromatic heterocycles. The Morgan fingerprint density at radius 2 is 1.75 bits per heavy atom. The van der Waals surface area contributed by atoms with Crippen LogP contribution in [0.1, 0.15) is 18.1 Å². The molecule has 3 aromatic rings. The second-order valence-electron chi connectivity index (χ2n) is 6.01. The van der Waals surface area contributed by atoms with Crippen molar-refractivity contribution in [2.45, 2.75) is 13.5 Å². The molecule has 3 aromatic carbocycles. The second kappa shape index (κ2) is 9.25. The number of hydrogen-bond donors (Lipinski definition) is 0. The van der Waals surface area contributed by atoms with Gasteiger partial charge in [0.1, 0.15) is 24.3 Å².